The fraction of sp³-hybridized carbons (Fsp3) is 0.400. The van der Waals surface area contributed by atoms with Gasteiger partial charge in [-0.1, -0.05) is 17.7 Å². The Morgan fingerprint density at radius 3 is 2.69 bits per heavy atom. The average molecular weight is 264 g/mol. The predicted molar refractivity (Wildman–Crippen MR) is 64.2 cm³/mol. The van der Waals surface area contributed by atoms with Gasteiger partial charge in [0.15, 0.2) is 0 Å². The molecule has 1 rings (SSSR count). The van der Waals surface area contributed by atoms with Crippen LogP contribution in [0, 0.1) is 0 Å². The van der Waals surface area contributed by atoms with Crippen LogP contribution < -0.4 is 9.88 Å². The molecule has 0 heterocycles. The molecule has 0 saturated carbocycles. The van der Waals surface area contributed by atoms with Crippen molar-refractivity contribution in [3.05, 3.63) is 29.3 Å². The molecule has 0 fully saturated rings. The van der Waals surface area contributed by atoms with Crippen LogP contribution in [0.15, 0.2) is 24.3 Å². The summed E-state index contributed by atoms with van der Waals surface area (Å²) in [6, 6.07) is 7.06. The first-order chi connectivity index (χ1) is 7.47. The van der Waals surface area contributed by atoms with Gasteiger partial charge in [0.05, 0.1) is 12.4 Å². The Morgan fingerprint density at radius 1 is 1.31 bits per heavy atom. The molecule has 0 bridgehead atoms. The summed E-state index contributed by atoms with van der Waals surface area (Å²) >= 11 is 5.77. The summed E-state index contributed by atoms with van der Waals surface area (Å²) in [5.41, 5.74) is 0. The van der Waals surface area contributed by atoms with Gasteiger partial charge in [-0.05, 0) is 31.0 Å². The average Bonchev–Trinajstić information content (AvgIpc) is 2.15. The number of benzene rings is 1. The number of sulfonamides is 1. The molecule has 6 heteroatoms. The summed E-state index contributed by atoms with van der Waals surface area (Å²) in [7, 11) is -3.35. The fourth-order valence-corrected chi connectivity index (χ4v) is 1.94. The second-order valence-corrected chi connectivity index (χ2v) is 5.55. The molecular weight excluding hydrogens is 250 g/mol. The maximum atomic E-state index is 10.6. The number of unbranched alkanes of at least 4 members (excludes halogenated alkanes) is 1. The highest BCUT2D eigenvalue weighted by Crippen LogP contribution is 2.17. The Kier molecular flexibility index (Phi) is 5.05. The molecule has 4 nitrogen and oxygen atoms in total. The van der Waals surface area contributed by atoms with Gasteiger partial charge in [-0.2, -0.15) is 0 Å². The van der Waals surface area contributed by atoms with Crippen LogP contribution in [0.4, 0.5) is 0 Å². The number of nitrogens with two attached hydrogens (primary N) is 1. The Balaban J connectivity index is 2.21. The number of hydrogen-bond acceptors (Lipinski definition) is 3. The van der Waals surface area contributed by atoms with Gasteiger partial charge in [0.1, 0.15) is 5.75 Å². The molecule has 0 aliphatic heterocycles. The minimum absolute atomic E-state index is 0.00803. The van der Waals surface area contributed by atoms with Crippen molar-refractivity contribution in [2.45, 2.75) is 12.8 Å². The first-order valence-electron chi connectivity index (χ1n) is 4.86. The number of rotatable bonds is 6. The van der Waals surface area contributed by atoms with E-state index in [9.17, 15) is 8.42 Å². The van der Waals surface area contributed by atoms with Crippen molar-refractivity contribution >= 4 is 21.6 Å². The summed E-state index contributed by atoms with van der Waals surface area (Å²) in [6.07, 6.45) is 1.14. The summed E-state index contributed by atoms with van der Waals surface area (Å²) in [6.45, 7) is 0.454. The Bertz CT molecular complexity index is 433. The number of hydrogen-bond donors (Lipinski definition) is 1. The highest BCUT2D eigenvalue weighted by atomic mass is 35.5. The molecule has 0 aromatic heterocycles. The van der Waals surface area contributed by atoms with Crippen LogP contribution in [0.1, 0.15) is 12.8 Å². The molecule has 0 amide bonds. The van der Waals surface area contributed by atoms with Crippen molar-refractivity contribution in [2.75, 3.05) is 12.4 Å². The van der Waals surface area contributed by atoms with Gasteiger partial charge >= 0.3 is 0 Å². The molecule has 0 saturated heterocycles. The van der Waals surface area contributed by atoms with Gasteiger partial charge in [0, 0.05) is 5.02 Å². The zero-order chi connectivity index (χ0) is 12.0. The third-order valence-electron chi connectivity index (χ3n) is 1.89. The summed E-state index contributed by atoms with van der Waals surface area (Å²) in [5.74, 6) is 0.675. The van der Waals surface area contributed by atoms with Crippen LogP contribution in [-0.2, 0) is 10.0 Å². The van der Waals surface area contributed by atoms with Gasteiger partial charge in [-0.25, -0.2) is 13.6 Å². The smallest absolute Gasteiger partial charge is 0.209 e. The molecule has 90 valence electrons. The summed E-state index contributed by atoms with van der Waals surface area (Å²) in [5, 5.41) is 5.48. The topological polar surface area (TPSA) is 69.4 Å². The van der Waals surface area contributed by atoms with E-state index in [1.807, 2.05) is 0 Å². The minimum Gasteiger partial charge on any atom is -0.494 e. The number of primary sulfonamides is 1. The van der Waals surface area contributed by atoms with E-state index in [1.54, 1.807) is 24.3 Å². The lowest BCUT2D eigenvalue weighted by Crippen LogP contribution is -2.16. The summed E-state index contributed by atoms with van der Waals surface area (Å²) in [4.78, 5) is 0. The van der Waals surface area contributed by atoms with E-state index in [0.29, 0.717) is 30.2 Å². The zero-order valence-corrected chi connectivity index (χ0v) is 10.3. The molecule has 2 N–H and O–H groups in total. The molecular formula is C10H14ClNO3S. The van der Waals surface area contributed by atoms with E-state index >= 15 is 0 Å². The molecule has 16 heavy (non-hydrogen) atoms. The molecule has 0 unspecified atom stereocenters. The van der Waals surface area contributed by atoms with Crippen molar-refractivity contribution < 1.29 is 13.2 Å². The van der Waals surface area contributed by atoms with Crippen molar-refractivity contribution in [2.24, 2.45) is 5.14 Å². The quantitative estimate of drug-likeness (QED) is 0.796. The van der Waals surface area contributed by atoms with Crippen LogP contribution in [0.25, 0.3) is 0 Å². The van der Waals surface area contributed by atoms with Crippen LogP contribution in [-0.4, -0.2) is 20.8 Å². The third-order valence-corrected chi connectivity index (χ3v) is 2.98. The van der Waals surface area contributed by atoms with E-state index in [4.69, 9.17) is 21.5 Å². The standard InChI is InChI=1S/C10H14ClNO3S/c11-9-4-3-5-10(8-9)15-6-1-2-7-16(12,13)14/h3-5,8H,1-2,6-7H2,(H2,12,13,14). The van der Waals surface area contributed by atoms with Crippen LogP contribution >= 0.6 is 11.6 Å². The highest BCUT2D eigenvalue weighted by molar-refractivity contribution is 7.89. The lowest BCUT2D eigenvalue weighted by Gasteiger charge is -2.05. The molecule has 1 aromatic rings. The van der Waals surface area contributed by atoms with E-state index in [1.165, 1.54) is 0 Å². The third kappa shape index (κ3) is 5.95. The maximum Gasteiger partial charge on any atom is 0.209 e. The minimum atomic E-state index is -3.35. The van der Waals surface area contributed by atoms with E-state index < -0.39 is 10.0 Å². The largest absolute Gasteiger partial charge is 0.494 e. The van der Waals surface area contributed by atoms with Gasteiger partial charge in [0.25, 0.3) is 0 Å². The van der Waals surface area contributed by atoms with Crippen molar-refractivity contribution in [1.29, 1.82) is 0 Å². The van der Waals surface area contributed by atoms with Gasteiger partial charge in [-0.15, -0.1) is 0 Å². The van der Waals surface area contributed by atoms with Gasteiger partial charge in [0.2, 0.25) is 10.0 Å². The lowest BCUT2D eigenvalue weighted by atomic mass is 10.3. The van der Waals surface area contributed by atoms with Crippen molar-refractivity contribution in [3.8, 4) is 5.75 Å². The molecule has 0 spiro atoms. The van der Waals surface area contributed by atoms with Gasteiger partial charge in [-0.3, -0.25) is 0 Å². The normalized spacial score (nSPS) is 11.4. The number of halogens is 1. The van der Waals surface area contributed by atoms with E-state index in [-0.39, 0.29) is 5.75 Å². The second-order valence-electron chi connectivity index (χ2n) is 3.38. The molecule has 0 atom stereocenters. The van der Waals surface area contributed by atoms with E-state index in [0.717, 1.165) is 0 Å². The second kappa shape index (κ2) is 6.08. The lowest BCUT2D eigenvalue weighted by molar-refractivity contribution is 0.309. The Hall–Kier alpha value is -0.780. The Morgan fingerprint density at radius 2 is 2.06 bits per heavy atom. The number of ether oxygens (including phenoxy) is 1. The van der Waals surface area contributed by atoms with Crippen LogP contribution in [0.5, 0.6) is 5.75 Å². The zero-order valence-electron chi connectivity index (χ0n) is 8.73. The maximum absolute atomic E-state index is 10.6. The molecule has 0 aliphatic rings. The predicted octanol–water partition coefficient (Wildman–Crippen LogP) is 1.79. The Labute approximate surface area is 100 Å². The molecule has 0 radical (unpaired) electrons. The SMILES string of the molecule is NS(=O)(=O)CCCCOc1cccc(Cl)c1. The van der Waals surface area contributed by atoms with Crippen molar-refractivity contribution in [1.82, 2.24) is 0 Å². The first-order valence-corrected chi connectivity index (χ1v) is 6.95. The highest BCUT2D eigenvalue weighted by Gasteiger charge is 2.01. The van der Waals surface area contributed by atoms with Crippen LogP contribution in [0.2, 0.25) is 5.02 Å². The first kappa shape index (κ1) is 13.3. The fourth-order valence-electron chi connectivity index (χ4n) is 1.15. The molecule has 1 aromatic carbocycles. The van der Waals surface area contributed by atoms with Crippen LogP contribution in [0.3, 0.4) is 0 Å². The monoisotopic (exact) mass is 263 g/mol. The summed E-state index contributed by atoms with van der Waals surface area (Å²) < 4.78 is 26.6. The molecule has 0 aliphatic carbocycles. The van der Waals surface area contributed by atoms with E-state index in [2.05, 4.69) is 0 Å². The van der Waals surface area contributed by atoms with Gasteiger partial charge < -0.3 is 4.74 Å². The van der Waals surface area contributed by atoms with Crippen molar-refractivity contribution in [3.63, 3.8) is 0 Å².